The van der Waals surface area contributed by atoms with Gasteiger partial charge in [-0.3, -0.25) is 9.59 Å². The van der Waals surface area contributed by atoms with E-state index in [0.29, 0.717) is 43.5 Å². The standard InChI is InChI=1S/C26H36N2O4S/c1-3-31-26(32-4-2)20-10-7-13-28(20)25(30)24-23(22(33)16-27-24)21(29)12-11-17-14-18-8-5-6-9-19(18)15-17/h5-6,8-9,17,20,23-24,26-27H,3-4,7,10-16H2,1-2H3/t20-,23?,24-/m0/s1. The van der Waals surface area contributed by atoms with Crippen molar-refractivity contribution in [3.63, 3.8) is 0 Å². The van der Waals surface area contributed by atoms with Crippen LogP contribution in [0.5, 0.6) is 0 Å². The van der Waals surface area contributed by atoms with E-state index in [1.165, 1.54) is 11.1 Å². The lowest BCUT2D eigenvalue weighted by Crippen LogP contribution is -2.53. The topological polar surface area (TPSA) is 67.9 Å². The Labute approximate surface area is 202 Å². The summed E-state index contributed by atoms with van der Waals surface area (Å²) < 4.78 is 11.6. The third kappa shape index (κ3) is 5.37. The Bertz CT molecular complexity index is 845. The van der Waals surface area contributed by atoms with Gasteiger partial charge < -0.3 is 19.7 Å². The smallest absolute Gasteiger partial charge is 0.241 e. The van der Waals surface area contributed by atoms with E-state index in [9.17, 15) is 9.59 Å². The maximum absolute atomic E-state index is 13.6. The van der Waals surface area contributed by atoms with Crippen LogP contribution in [0.25, 0.3) is 0 Å². The van der Waals surface area contributed by atoms with Crippen molar-refractivity contribution < 1.29 is 19.1 Å². The molecule has 2 fully saturated rings. The first-order valence-corrected chi connectivity index (χ1v) is 12.8. The van der Waals surface area contributed by atoms with Crippen molar-refractivity contribution in [2.75, 3.05) is 26.3 Å². The number of likely N-dealkylation sites (tertiary alicyclic amines) is 1. The molecule has 33 heavy (non-hydrogen) atoms. The molecule has 1 N–H and O–H groups in total. The molecule has 1 unspecified atom stereocenters. The van der Waals surface area contributed by atoms with Gasteiger partial charge in [0.15, 0.2) is 6.29 Å². The van der Waals surface area contributed by atoms with Crippen LogP contribution in [0, 0.1) is 11.8 Å². The van der Waals surface area contributed by atoms with E-state index in [4.69, 9.17) is 21.7 Å². The number of ether oxygens (including phenoxy) is 2. The summed E-state index contributed by atoms with van der Waals surface area (Å²) >= 11 is 5.55. The predicted molar refractivity (Wildman–Crippen MR) is 131 cm³/mol. The second-order valence-corrected chi connectivity index (χ2v) is 9.90. The molecule has 1 aromatic rings. The molecule has 0 aromatic heterocycles. The Morgan fingerprint density at radius 2 is 1.82 bits per heavy atom. The number of carbonyl (C=O) groups excluding carboxylic acids is 2. The second kappa shape index (κ2) is 11.2. The van der Waals surface area contributed by atoms with Crippen molar-refractivity contribution in [2.45, 2.75) is 70.7 Å². The zero-order valence-corrected chi connectivity index (χ0v) is 20.6. The average molecular weight is 473 g/mol. The number of nitrogens with one attached hydrogen (secondary N) is 1. The van der Waals surface area contributed by atoms with Crippen molar-refractivity contribution in [3.8, 4) is 0 Å². The Morgan fingerprint density at radius 3 is 2.45 bits per heavy atom. The summed E-state index contributed by atoms with van der Waals surface area (Å²) in [5.74, 6) is 0.0225. The fraction of sp³-hybridized carbons (Fsp3) is 0.654. The average Bonchev–Trinajstić information content (AvgIpc) is 3.54. The van der Waals surface area contributed by atoms with Gasteiger partial charge in [-0.2, -0.15) is 0 Å². The van der Waals surface area contributed by atoms with E-state index in [2.05, 4.69) is 29.6 Å². The van der Waals surface area contributed by atoms with Gasteiger partial charge in [-0.25, -0.2) is 0 Å². The summed E-state index contributed by atoms with van der Waals surface area (Å²) in [7, 11) is 0. The molecule has 4 rings (SSSR count). The van der Waals surface area contributed by atoms with Gasteiger partial charge in [0.1, 0.15) is 11.8 Å². The highest BCUT2D eigenvalue weighted by Gasteiger charge is 2.46. The second-order valence-electron chi connectivity index (χ2n) is 9.37. The van der Waals surface area contributed by atoms with E-state index in [-0.39, 0.29) is 17.7 Å². The van der Waals surface area contributed by atoms with Gasteiger partial charge in [0.2, 0.25) is 5.91 Å². The van der Waals surface area contributed by atoms with Gasteiger partial charge >= 0.3 is 0 Å². The zero-order chi connectivity index (χ0) is 23.4. The van der Waals surface area contributed by atoms with Crippen LogP contribution in [0.4, 0.5) is 0 Å². The van der Waals surface area contributed by atoms with Gasteiger partial charge in [-0.05, 0) is 63.0 Å². The minimum absolute atomic E-state index is 0.0478. The van der Waals surface area contributed by atoms with Crippen LogP contribution in [0.1, 0.15) is 50.7 Å². The van der Waals surface area contributed by atoms with Gasteiger partial charge in [0.05, 0.1) is 12.0 Å². The first kappa shape index (κ1) is 24.5. The maximum Gasteiger partial charge on any atom is 0.241 e. The Morgan fingerprint density at radius 1 is 1.15 bits per heavy atom. The van der Waals surface area contributed by atoms with Gasteiger partial charge in [-0.15, -0.1) is 0 Å². The number of ketones is 1. The molecule has 2 saturated heterocycles. The Balaban J connectivity index is 1.38. The van der Waals surface area contributed by atoms with Crippen LogP contribution in [0.3, 0.4) is 0 Å². The number of hydrogen-bond donors (Lipinski definition) is 1. The third-order valence-corrected chi connectivity index (χ3v) is 7.68. The van der Waals surface area contributed by atoms with Crippen molar-refractivity contribution in [2.24, 2.45) is 11.8 Å². The number of fused-ring (bicyclic) bond motifs is 1. The molecule has 0 radical (unpaired) electrons. The summed E-state index contributed by atoms with van der Waals surface area (Å²) in [6.07, 6.45) is 4.70. The fourth-order valence-corrected chi connectivity index (χ4v) is 6.05. The summed E-state index contributed by atoms with van der Waals surface area (Å²) in [5, 5.41) is 3.24. The minimum atomic E-state index is -0.574. The summed E-state index contributed by atoms with van der Waals surface area (Å²) in [6, 6.07) is 7.84. The molecule has 7 heteroatoms. The predicted octanol–water partition coefficient (Wildman–Crippen LogP) is 3.10. The number of benzene rings is 1. The molecule has 6 nitrogen and oxygen atoms in total. The normalized spacial score (nSPS) is 25.2. The van der Waals surface area contributed by atoms with Crippen LogP contribution in [0.2, 0.25) is 0 Å². The monoisotopic (exact) mass is 472 g/mol. The third-order valence-electron chi connectivity index (χ3n) is 7.28. The Kier molecular flexibility index (Phi) is 8.28. The molecule has 0 bridgehead atoms. The molecule has 1 amide bonds. The summed E-state index contributed by atoms with van der Waals surface area (Å²) in [5.41, 5.74) is 2.80. The first-order valence-electron chi connectivity index (χ1n) is 12.4. The summed E-state index contributed by atoms with van der Waals surface area (Å²) in [6.45, 7) is 6.02. The molecule has 1 aromatic carbocycles. The molecule has 2 aliphatic heterocycles. The molecule has 2 heterocycles. The highest BCUT2D eigenvalue weighted by Crippen LogP contribution is 2.31. The molecule has 0 saturated carbocycles. The van der Waals surface area contributed by atoms with E-state index in [0.717, 1.165) is 32.1 Å². The highest BCUT2D eigenvalue weighted by molar-refractivity contribution is 7.80. The molecule has 3 aliphatic rings. The molecule has 180 valence electrons. The van der Waals surface area contributed by atoms with Gasteiger partial charge in [-0.1, -0.05) is 36.5 Å². The number of thiocarbonyl (C=S) groups is 1. The van der Waals surface area contributed by atoms with Crippen LogP contribution in [-0.2, 0) is 31.9 Å². The van der Waals surface area contributed by atoms with Crippen molar-refractivity contribution in [3.05, 3.63) is 35.4 Å². The number of carbonyl (C=O) groups is 2. The van der Waals surface area contributed by atoms with E-state index in [1.807, 2.05) is 18.7 Å². The number of nitrogens with zero attached hydrogens (tertiary/aromatic N) is 1. The number of rotatable bonds is 10. The molecule has 1 aliphatic carbocycles. The SMILES string of the molecule is CCOC(OCC)[C@@H]1CCCN1C(=O)[C@H]1NCC(=S)C1C(=O)CCC1Cc2ccccc2C1. The van der Waals surface area contributed by atoms with E-state index >= 15 is 0 Å². The van der Waals surface area contributed by atoms with Crippen LogP contribution >= 0.6 is 12.2 Å². The molecule has 3 atom stereocenters. The zero-order valence-electron chi connectivity index (χ0n) is 19.8. The van der Waals surface area contributed by atoms with E-state index < -0.39 is 18.2 Å². The quantitative estimate of drug-likeness (QED) is 0.417. The number of hydrogen-bond acceptors (Lipinski definition) is 6. The van der Waals surface area contributed by atoms with E-state index in [1.54, 1.807) is 0 Å². The number of Topliss-reactive ketones (excluding diaryl/α,β-unsaturated/α-hetero) is 1. The minimum Gasteiger partial charge on any atom is -0.351 e. The molecule has 0 spiro atoms. The highest BCUT2D eigenvalue weighted by atomic mass is 32.1. The fourth-order valence-electron chi connectivity index (χ4n) is 5.70. The summed E-state index contributed by atoms with van der Waals surface area (Å²) in [4.78, 5) is 29.4. The van der Waals surface area contributed by atoms with Crippen molar-refractivity contribution in [1.82, 2.24) is 10.2 Å². The lowest BCUT2D eigenvalue weighted by molar-refractivity contribution is -0.176. The van der Waals surface area contributed by atoms with Gasteiger partial charge in [0, 0.05) is 37.6 Å². The van der Waals surface area contributed by atoms with Crippen LogP contribution in [0.15, 0.2) is 24.3 Å². The van der Waals surface area contributed by atoms with Crippen LogP contribution < -0.4 is 5.32 Å². The lowest BCUT2D eigenvalue weighted by atomic mass is 9.89. The lowest BCUT2D eigenvalue weighted by Gasteiger charge is -2.33. The van der Waals surface area contributed by atoms with Crippen LogP contribution in [-0.4, -0.2) is 66.1 Å². The van der Waals surface area contributed by atoms with Gasteiger partial charge in [0.25, 0.3) is 0 Å². The number of amides is 1. The Hall–Kier alpha value is -1.67. The van der Waals surface area contributed by atoms with Crippen molar-refractivity contribution in [1.29, 1.82) is 0 Å². The molecular formula is C26H36N2O4S. The first-order chi connectivity index (χ1) is 16.0. The maximum atomic E-state index is 13.6. The largest absolute Gasteiger partial charge is 0.351 e. The van der Waals surface area contributed by atoms with Crippen molar-refractivity contribution >= 4 is 28.8 Å². The molecular weight excluding hydrogens is 436 g/mol.